The summed E-state index contributed by atoms with van der Waals surface area (Å²) < 4.78 is 11.4. The Hall–Kier alpha value is -8.70. The van der Waals surface area contributed by atoms with E-state index in [1.54, 1.807) is 0 Å². The molecule has 68 heavy (non-hydrogen) atoms. The van der Waals surface area contributed by atoms with Crippen LogP contribution in [0.5, 0.6) is 0 Å². The van der Waals surface area contributed by atoms with Crippen LogP contribution in [0.25, 0.3) is 109 Å². The van der Waals surface area contributed by atoms with E-state index in [1.165, 1.54) is 58.3 Å². The molecule has 3 nitrogen and oxygen atoms in total. The average molecular weight is 887 g/mol. The molecule has 10 aromatic carbocycles. The molecular weight excluding hydrogens is 845 g/mol. The number of anilines is 2. The summed E-state index contributed by atoms with van der Waals surface area (Å²) in [6.45, 7) is 4.42. The number of benzene rings is 10. The zero-order valence-electron chi connectivity index (χ0n) is 37.0. The van der Waals surface area contributed by atoms with Crippen LogP contribution in [-0.4, -0.2) is 4.57 Å². The molecule has 0 aliphatic rings. The first-order chi connectivity index (χ1) is 33.7. The molecule has 13 aromatic rings. The molecule has 0 amide bonds. The summed E-state index contributed by atoms with van der Waals surface area (Å²) in [5, 5.41) is 9.65. The van der Waals surface area contributed by atoms with E-state index in [1.807, 2.05) is 17.4 Å². The lowest BCUT2D eigenvalue weighted by molar-refractivity contribution is 0.669. The lowest BCUT2D eigenvalue weighted by Crippen LogP contribution is -2.16. The van der Waals surface area contributed by atoms with Crippen LogP contribution in [0.3, 0.4) is 0 Å². The molecule has 0 aliphatic heterocycles. The van der Waals surface area contributed by atoms with E-state index in [4.69, 9.17) is 4.42 Å². The van der Waals surface area contributed by atoms with Crippen LogP contribution in [0.2, 0.25) is 0 Å². The summed E-state index contributed by atoms with van der Waals surface area (Å²) in [7, 11) is 0. The minimum atomic E-state index is 0.872. The maximum absolute atomic E-state index is 6.45. The molecule has 0 N–H and O–H groups in total. The van der Waals surface area contributed by atoms with Gasteiger partial charge in [0.2, 0.25) is 0 Å². The fraction of sp³-hybridized carbons (Fsp3) is 0. The van der Waals surface area contributed by atoms with Crippen molar-refractivity contribution in [2.24, 2.45) is 0 Å². The van der Waals surface area contributed by atoms with Gasteiger partial charge in [-0.25, -0.2) is 0 Å². The molecule has 320 valence electrons. The number of aromatic nitrogens is 1. The van der Waals surface area contributed by atoms with Crippen molar-refractivity contribution in [3.05, 3.63) is 254 Å². The first kappa shape index (κ1) is 39.6. The lowest BCUT2D eigenvalue weighted by atomic mass is 9.98. The number of rotatable bonds is 9. The number of fused-ring (bicyclic) bond motifs is 10. The van der Waals surface area contributed by atoms with E-state index < -0.39 is 0 Å². The van der Waals surface area contributed by atoms with Gasteiger partial charge in [0.25, 0.3) is 0 Å². The Morgan fingerprint density at radius 3 is 1.97 bits per heavy atom. The van der Waals surface area contributed by atoms with Crippen molar-refractivity contribution >= 4 is 103 Å². The summed E-state index contributed by atoms with van der Waals surface area (Å²) in [5.74, 6) is 0. The predicted octanol–water partition coefficient (Wildman–Crippen LogP) is 18.5. The van der Waals surface area contributed by atoms with Crippen LogP contribution in [0, 0.1) is 0 Å². The van der Waals surface area contributed by atoms with Crippen LogP contribution in [0.4, 0.5) is 11.4 Å². The fourth-order valence-corrected chi connectivity index (χ4v) is 11.4. The third-order valence-electron chi connectivity index (χ3n) is 13.4. The van der Waals surface area contributed by atoms with Gasteiger partial charge >= 0.3 is 0 Å². The Kier molecular flexibility index (Phi) is 9.52. The monoisotopic (exact) mass is 886 g/mol. The largest absolute Gasteiger partial charge is 0.456 e. The Labute approximate surface area is 397 Å². The third kappa shape index (κ3) is 6.65. The molecule has 3 heterocycles. The van der Waals surface area contributed by atoms with Crippen LogP contribution in [-0.2, 0) is 0 Å². The number of nitrogens with zero attached hydrogens (tertiary/aromatic N) is 2. The van der Waals surface area contributed by atoms with Crippen molar-refractivity contribution in [1.82, 2.24) is 4.57 Å². The number of thiophene rings is 1. The van der Waals surface area contributed by atoms with Gasteiger partial charge in [-0.2, -0.15) is 0 Å². The predicted molar refractivity (Wildman–Crippen MR) is 292 cm³/mol. The molecule has 0 radical (unpaired) electrons. The molecule has 0 fully saturated rings. The molecule has 3 aromatic heterocycles. The van der Waals surface area contributed by atoms with Gasteiger partial charge in [0.1, 0.15) is 11.2 Å². The lowest BCUT2D eigenvalue weighted by Gasteiger charge is -2.28. The summed E-state index contributed by atoms with van der Waals surface area (Å²) in [5.41, 5.74) is 14.0. The number of allylic oxidation sites excluding steroid dienone is 3. The van der Waals surface area contributed by atoms with E-state index in [0.29, 0.717) is 0 Å². The van der Waals surface area contributed by atoms with Gasteiger partial charge in [-0.1, -0.05) is 164 Å². The van der Waals surface area contributed by atoms with Crippen LogP contribution >= 0.6 is 11.3 Å². The summed E-state index contributed by atoms with van der Waals surface area (Å²) in [6, 6.07) is 78.5. The van der Waals surface area contributed by atoms with Crippen molar-refractivity contribution in [3.8, 4) is 27.9 Å². The molecule has 0 unspecified atom stereocenters. The molecule has 13 rings (SSSR count). The molecule has 0 saturated carbocycles. The smallest absolute Gasteiger partial charge is 0.136 e. The highest BCUT2D eigenvalue weighted by Crippen LogP contribution is 2.43. The van der Waals surface area contributed by atoms with Crippen LogP contribution in [0.1, 0.15) is 5.56 Å². The van der Waals surface area contributed by atoms with E-state index in [9.17, 15) is 0 Å². The van der Waals surface area contributed by atoms with Gasteiger partial charge in [0.05, 0.1) is 16.7 Å². The fourth-order valence-electron chi connectivity index (χ4n) is 10.2. The van der Waals surface area contributed by atoms with Crippen LogP contribution in [0.15, 0.2) is 253 Å². The van der Waals surface area contributed by atoms with E-state index >= 15 is 0 Å². The van der Waals surface area contributed by atoms with Gasteiger partial charge in [-0.3, -0.25) is 0 Å². The standard InChI is InChI=1S/C64H42N2OS/c1-2-48(21-13-18-43-19-15-27-55-54-26-8-12-31-63(54)68-64(43)55)65(58-28-9-5-23-51(58)47-34-37-61-56(40-47)57-39-45-16-3-4-17-46(45)41-62(57)67-61)49-35-32-42(33-36-49)44-20-14-22-50(38-44)66-59-29-10-6-24-52(59)53-25-7-11-30-60(53)66/h2-41H,1H2/b18-13+,48-21+. The van der Waals surface area contributed by atoms with Gasteiger partial charge in [-0.15, -0.1) is 11.3 Å². The second-order valence-electron chi connectivity index (χ2n) is 17.3. The average Bonchev–Trinajstić information content (AvgIpc) is 4.07. The third-order valence-corrected chi connectivity index (χ3v) is 14.6. The SMILES string of the molecule is C=C/C(=C\C=C\c1cccc2c1sc1ccccc12)N(c1ccc(-c2cccc(-n3c4ccccc4c4ccccc43)c2)cc1)c1ccccc1-c1ccc2oc3cc4ccccc4cc3c2c1. The Balaban J connectivity index is 0.930. The first-order valence-corrected chi connectivity index (χ1v) is 23.8. The zero-order valence-corrected chi connectivity index (χ0v) is 37.8. The van der Waals surface area contributed by atoms with Crippen LogP contribution < -0.4 is 4.90 Å². The number of furan rings is 1. The summed E-state index contributed by atoms with van der Waals surface area (Å²) in [4.78, 5) is 2.33. The normalized spacial score (nSPS) is 12.2. The van der Waals surface area contributed by atoms with Gasteiger partial charge in [-0.05, 0) is 118 Å². The van der Waals surface area contributed by atoms with Gasteiger partial charge < -0.3 is 13.9 Å². The van der Waals surface area contributed by atoms with Crippen molar-refractivity contribution < 1.29 is 4.42 Å². The number of hydrogen-bond donors (Lipinski definition) is 0. The molecule has 0 spiro atoms. The zero-order chi connectivity index (χ0) is 45.1. The summed E-state index contributed by atoms with van der Waals surface area (Å²) in [6.07, 6.45) is 8.52. The Morgan fingerprint density at radius 2 is 1.16 bits per heavy atom. The second-order valence-corrected chi connectivity index (χ2v) is 18.4. The first-order valence-electron chi connectivity index (χ1n) is 23.0. The van der Waals surface area contributed by atoms with E-state index in [-0.39, 0.29) is 0 Å². The van der Waals surface area contributed by atoms with Crippen molar-refractivity contribution in [3.63, 3.8) is 0 Å². The van der Waals surface area contributed by atoms with Gasteiger partial charge in [0.15, 0.2) is 0 Å². The highest BCUT2D eigenvalue weighted by atomic mass is 32.1. The van der Waals surface area contributed by atoms with Gasteiger partial charge in [0, 0.05) is 64.4 Å². The minimum Gasteiger partial charge on any atom is -0.456 e. The number of hydrogen-bond acceptors (Lipinski definition) is 3. The molecule has 0 bridgehead atoms. The molecular formula is C64H42N2OS. The Bertz CT molecular complexity index is 4130. The van der Waals surface area contributed by atoms with E-state index in [2.05, 4.69) is 253 Å². The topological polar surface area (TPSA) is 21.3 Å². The maximum atomic E-state index is 6.45. The summed E-state index contributed by atoms with van der Waals surface area (Å²) >= 11 is 1.84. The minimum absolute atomic E-state index is 0.872. The molecule has 0 atom stereocenters. The van der Waals surface area contributed by atoms with Crippen molar-refractivity contribution in [1.29, 1.82) is 0 Å². The molecule has 4 heteroatoms. The highest BCUT2D eigenvalue weighted by molar-refractivity contribution is 7.26. The highest BCUT2D eigenvalue weighted by Gasteiger charge is 2.20. The molecule has 0 saturated heterocycles. The quantitative estimate of drug-likeness (QED) is 0.135. The molecule has 0 aliphatic carbocycles. The van der Waals surface area contributed by atoms with Crippen molar-refractivity contribution in [2.45, 2.75) is 0 Å². The van der Waals surface area contributed by atoms with Crippen molar-refractivity contribution in [2.75, 3.05) is 4.90 Å². The second kappa shape index (κ2) is 16.3. The number of para-hydroxylation sites is 3. The Morgan fingerprint density at radius 1 is 0.500 bits per heavy atom. The maximum Gasteiger partial charge on any atom is 0.136 e. The van der Waals surface area contributed by atoms with E-state index in [0.717, 1.165) is 67.0 Å².